The normalized spacial score (nSPS) is 10.4. The van der Waals surface area contributed by atoms with Crippen LogP contribution in [0.2, 0.25) is 0 Å². The molecule has 25 heavy (non-hydrogen) atoms. The molecule has 0 heterocycles. The van der Waals surface area contributed by atoms with Gasteiger partial charge in [-0.05, 0) is 54.8 Å². The predicted octanol–water partition coefficient (Wildman–Crippen LogP) is 4.93. The summed E-state index contributed by atoms with van der Waals surface area (Å²) in [6.45, 7) is 9.02. The second-order valence-corrected chi connectivity index (χ2v) is 6.14. The van der Waals surface area contributed by atoms with Gasteiger partial charge in [0.25, 0.3) is 5.91 Å². The van der Waals surface area contributed by atoms with E-state index >= 15 is 0 Å². The molecule has 132 valence electrons. The van der Waals surface area contributed by atoms with Gasteiger partial charge in [0.1, 0.15) is 18.1 Å². The molecule has 0 fully saturated rings. The van der Waals surface area contributed by atoms with E-state index in [-0.39, 0.29) is 5.91 Å². The van der Waals surface area contributed by atoms with E-state index in [1.54, 1.807) is 30.3 Å². The highest BCUT2D eigenvalue weighted by Gasteiger charge is 2.08. The van der Waals surface area contributed by atoms with Crippen molar-refractivity contribution in [1.29, 1.82) is 0 Å². The van der Waals surface area contributed by atoms with Crippen molar-refractivity contribution in [2.24, 2.45) is 5.92 Å². The number of hydrogen-bond acceptors (Lipinski definition) is 3. The van der Waals surface area contributed by atoms with Gasteiger partial charge in [-0.15, -0.1) is 0 Å². The van der Waals surface area contributed by atoms with Gasteiger partial charge in [-0.25, -0.2) is 0 Å². The molecule has 2 aromatic carbocycles. The molecule has 4 nitrogen and oxygen atoms in total. The molecule has 0 aliphatic carbocycles. The average molecular weight is 339 g/mol. The average Bonchev–Trinajstić information content (AvgIpc) is 2.61. The Hall–Kier alpha value is -2.75. The molecule has 0 saturated carbocycles. The highest BCUT2D eigenvalue weighted by molar-refractivity contribution is 6.04. The summed E-state index contributed by atoms with van der Waals surface area (Å²) in [6, 6.07) is 14.5. The topological polar surface area (TPSA) is 47.6 Å². The molecule has 0 aromatic heterocycles. The summed E-state index contributed by atoms with van der Waals surface area (Å²) in [7, 11) is 0. The molecule has 0 bridgehead atoms. The van der Waals surface area contributed by atoms with Crippen molar-refractivity contribution >= 4 is 11.6 Å². The van der Waals surface area contributed by atoms with Gasteiger partial charge in [0.05, 0.1) is 6.61 Å². The summed E-state index contributed by atoms with van der Waals surface area (Å²) < 4.78 is 11.1. The van der Waals surface area contributed by atoms with Crippen molar-refractivity contribution in [2.75, 3.05) is 18.5 Å². The van der Waals surface area contributed by atoms with Gasteiger partial charge in [-0.2, -0.15) is 0 Å². The number of carbonyl (C=O) groups excluding carboxylic acids is 1. The van der Waals surface area contributed by atoms with E-state index in [4.69, 9.17) is 9.47 Å². The number of amides is 1. The van der Waals surface area contributed by atoms with Crippen LogP contribution in [0.15, 0.2) is 61.2 Å². The fourth-order valence-corrected chi connectivity index (χ4v) is 2.13. The van der Waals surface area contributed by atoms with Crippen LogP contribution >= 0.6 is 0 Å². The lowest BCUT2D eigenvalue weighted by molar-refractivity contribution is 0.102. The van der Waals surface area contributed by atoms with Crippen LogP contribution < -0.4 is 14.8 Å². The molecule has 0 atom stereocenters. The third-order valence-corrected chi connectivity index (χ3v) is 3.54. The van der Waals surface area contributed by atoms with E-state index < -0.39 is 0 Å². The molecule has 2 rings (SSSR count). The first-order valence-corrected chi connectivity index (χ1v) is 8.46. The lowest BCUT2D eigenvalue weighted by atomic mass is 10.1. The first kappa shape index (κ1) is 18.6. The van der Waals surface area contributed by atoms with Crippen molar-refractivity contribution in [1.82, 2.24) is 0 Å². The van der Waals surface area contributed by atoms with Crippen LogP contribution in [-0.4, -0.2) is 19.1 Å². The van der Waals surface area contributed by atoms with E-state index in [1.165, 1.54) is 0 Å². The van der Waals surface area contributed by atoms with Crippen LogP contribution in [0.4, 0.5) is 5.69 Å². The van der Waals surface area contributed by atoms with Crippen molar-refractivity contribution in [3.05, 3.63) is 66.7 Å². The highest BCUT2D eigenvalue weighted by Crippen LogP contribution is 2.18. The van der Waals surface area contributed by atoms with Crippen molar-refractivity contribution in [2.45, 2.75) is 20.3 Å². The van der Waals surface area contributed by atoms with Crippen molar-refractivity contribution in [3.8, 4) is 11.5 Å². The Morgan fingerprint density at radius 3 is 2.56 bits per heavy atom. The number of nitrogens with one attached hydrogen (secondary N) is 1. The van der Waals surface area contributed by atoms with Crippen molar-refractivity contribution < 1.29 is 14.3 Å². The third kappa shape index (κ3) is 6.34. The minimum Gasteiger partial charge on any atom is -0.494 e. The lowest BCUT2D eigenvalue weighted by Gasteiger charge is -2.10. The van der Waals surface area contributed by atoms with E-state index in [2.05, 4.69) is 25.7 Å². The molecular weight excluding hydrogens is 314 g/mol. The van der Waals surface area contributed by atoms with E-state index in [9.17, 15) is 4.79 Å². The lowest BCUT2D eigenvalue weighted by Crippen LogP contribution is -2.12. The SMILES string of the molecule is C=CCOc1ccc(NC(=O)c2cccc(OCCC(C)C)c2)cc1. The maximum absolute atomic E-state index is 12.4. The Kier molecular flexibility index (Phi) is 7.08. The Labute approximate surface area is 149 Å². The largest absolute Gasteiger partial charge is 0.494 e. The molecule has 0 aliphatic rings. The quantitative estimate of drug-likeness (QED) is 0.659. The minimum atomic E-state index is -0.172. The van der Waals surface area contributed by atoms with Crippen LogP contribution in [0.3, 0.4) is 0 Å². The van der Waals surface area contributed by atoms with Crippen LogP contribution in [0, 0.1) is 5.92 Å². The molecule has 2 aromatic rings. The van der Waals surface area contributed by atoms with E-state index in [0.29, 0.717) is 36.1 Å². The number of anilines is 1. The smallest absolute Gasteiger partial charge is 0.255 e. The monoisotopic (exact) mass is 339 g/mol. The molecule has 0 unspecified atom stereocenters. The number of rotatable bonds is 9. The summed E-state index contributed by atoms with van der Waals surface area (Å²) in [6.07, 6.45) is 2.67. The van der Waals surface area contributed by atoms with Gasteiger partial charge in [-0.1, -0.05) is 32.6 Å². The van der Waals surface area contributed by atoms with Gasteiger partial charge in [0, 0.05) is 11.3 Å². The molecule has 0 radical (unpaired) electrons. The predicted molar refractivity (Wildman–Crippen MR) is 101 cm³/mol. The number of carbonyl (C=O) groups is 1. The van der Waals surface area contributed by atoms with Gasteiger partial charge in [0.15, 0.2) is 0 Å². The summed E-state index contributed by atoms with van der Waals surface area (Å²) in [5.74, 6) is 1.86. The Bertz CT molecular complexity index is 693. The molecule has 0 saturated heterocycles. The first-order chi connectivity index (χ1) is 12.1. The zero-order chi connectivity index (χ0) is 18.1. The number of benzene rings is 2. The van der Waals surface area contributed by atoms with E-state index in [1.807, 2.05) is 24.3 Å². The fourth-order valence-electron chi connectivity index (χ4n) is 2.13. The Balaban J connectivity index is 1.94. The maximum Gasteiger partial charge on any atom is 0.255 e. The molecule has 0 spiro atoms. The Morgan fingerprint density at radius 1 is 1.12 bits per heavy atom. The van der Waals surface area contributed by atoms with Gasteiger partial charge >= 0.3 is 0 Å². The summed E-state index contributed by atoms with van der Waals surface area (Å²) >= 11 is 0. The van der Waals surface area contributed by atoms with E-state index in [0.717, 1.165) is 12.2 Å². The summed E-state index contributed by atoms with van der Waals surface area (Å²) in [4.78, 5) is 12.4. The van der Waals surface area contributed by atoms with Crippen LogP contribution in [0.25, 0.3) is 0 Å². The second-order valence-electron chi connectivity index (χ2n) is 6.14. The molecular formula is C21H25NO3. The molecule has 1 amide bonds. The van der Waals surface area contributed by atoms with Crippen LogP contribution in [-0.2, 0) is 0 Å². The molecule has 1 N–H and O–H groups in total. The number of hydrogen-bond donors (Lipinski definition) is 1. The molecule has 0 aliphatic heterocycles. The second kappa shape index (κ2) is 9.52. The minimum absolute atomic E-state index is 0.172. The van der Waals surface area contributed by atoms with Gasteiger partial charge in [-0.3, -0.25) is 4.79 Å². The number of ether oxygens (including phenoxy) is 2. The maximum atomic E-state index is 12.4. The Morgan fingerprint density at radius 2 is 1.88 bits per heavy atom. The zero-order valence-corrected chi connectivity index (χ0v) is 14.8. The van der Waals surface area contributed by atoms with Crippen LogP contribution in [0.5, 0.6) is 11.5 Å². The van der Waals surface area contributed by atoms with Crippen molar-refractivity contribution in [3.63, 3.8) is 0 Å². The standard InChI is InChI=1S/C21H25NO3/c1-4-13-24-19-10-8-18(9-11-19)22-21(23)17-6-5-7-20(15-17)25-14-12-16(2)3/h4-11,15-16H,1,12-14H2,2-3H3,(H,22,23). The fraction of sp³-hybridized carbons (Fsp3) is 0.286. The summed E-state index contributed by atoms with van der Waals surface area (Å²) in [5.41, 5.74) is 1.27. The molecule has 4 heteroatoms. The highest BCUT2D eigenvalue weighted by atomic mass is 16.5. The third-order valence-electron chi connectivity index (χ3n) is 3.54. The first-order valence-electron chi connectivity index (χ1n) is 8.46. The van der Waals surface area contributed by atoms with Crippen LogP contribution in [0.1, 0.15) is 30.6 Å². The zero-order valence-electron chi connectivity index (χ0n) is 14.8. The summed E-state index contributed by atoms with van der Waals surface area (Å²) in [5, 5.41) is 2.87. The van der Waals surface area contributed by atoms with Gasteiger partial charge in [0.2, 0.25) is 0 Å². The van der Waals surface area contributed by atoms with Gasteiger partial charge < -0.3 is 14.8 Å².